The third-order valence-corrected chi connectivity index (χ3v) is 3.58. The van der Waals surface area contributed by atoms with E-state index in [4.69, 9.17) is 5.11 Å². The molecule has 1 aromatic carbocycles. The van der Waals surface area contributed by atoms with Gasteiger partial charge in [-0.15, -0.1) is 0 Å². The molecule has 1 aliphatic rings. The molecule has 1 saturated carbocycles. The fourth-order valence-corrected chi connectivity index (χ4v) is 2.33. The molecule has 0 atom stereocenters. The zero-order valence-electron chi connectivity index (χ0n) is 12.1. The van der Waals surface area contributed by atoms with Gasteiger partial charge in [0.05, 0.1) is 0 Å². The summed E-state index contributed by atoms with van der Waals surface area (Å²) in [4.78, 5) is 14.2. The van der Waals surface area contributed by atoms with Crippen LogP contribution < -0.4 is 5.32 Å². The molecule has 2 amide bonds. The number of carbonyl (C=O) groups excluding carboxylic acids is 1. The summed E-state index contributed by atoms with van der Waals surface area (Å²) in [7, 11) is 0. The standard InChI is InChI=1S/C16H24N2O2/c1-13-5-4-6-14(11-13)12-17-16(20)18(15-7-8-15)9-2-3-10-19/h4-6,11,15,19H,2-3,7-10,12H2,1H3,(H,17,20). The van der Waals surface area contributed by atoms with Gasteiger partial charge >= 0.3 is 6.03 Å². The number of aryl methyl sites for hydroxylation is 1. The highest BCUT2D eigenvalue weighted by Crippen LogP contribution is 2.27. The van der Waals surface area contributed by atoms with Crippen molar-refractivity contribution in [2.24, 2.45) is 0 Å². The van der Waals surface area contributed by atoms with Gasteiger partial charge in [0, 0.05) is 25.7 Å². The van der Waals surface area contributed by atoms with Crippen LogP contribution in [0.3, 0.4) is 0 Å². The van der Waals surface area contributed by atoms with Crippen LogP contribution in [0.25, 0.3) is 0 Å². The average Bonchev–Trinajstić information content (AvgIpc) is 3.26. The molecule has 2 N–H and O–H groups in total. The second kappa shape index (κ2) is 7.29. The van der Waals surface area contributed by atoms with E-state index in [1.54, 1.807) is 0 Å². The van der Waals surface area contributed by atoms with Crippen LogP contribution in [0.4, 0.5) is 4.79 Å². The van der Waals surface area contributed by atoms with Gasteiger partial charge in [-0.25, -0.2) is 4.79 Å². The lowest BCUT2D eigenvalue weighted by molar-refractivity contribution is 0.190. The Morgan fingerprint density at radius 2 is 2.20 bits per heavy atom. The first-order valence-corrected chi connectivity index (χ1v) is 7.41. The molecule has 110 valence electrons. The summed E-state index contributed by atoms with van der Waals surface area (Å²) in [5.74, 6) is 0. The van der Waals surface area contributed by atoms with E-state index in [0.717, 1.165) is 37.8 Å². The van der Waals surface area contributed by atoms with Crippen LogP contribution in [-0.4, -0.2) is 35.2 Å². The van der Waals surface area contributed by atoms with Crippen LogP contribution in [-0.2, 0) is 6.54 Å². The van der Waals surface area contributed by atoms with Gasteiger partial charge in [0.15, 0.2) is 0 Å². The van der Waals surface area contributed by atoms with E-state index in [2.05, 4.69) is 24.4 Å². The molecule has 0 unspecified atom stereocenters. The van der Waals surface area contributed by atoms with Crippen LogP contribution in [0.15, 0.2) is 24.3 Å². The molecule has 0 radical (unpaired) electrons. The number of benzene rings is 1. The average molecular weight is 276 g/mol. The van der Waals surface area contributed by atoms with E-state index in [1.807, 2.05) is 17.0 Å². The molecule has 1 aliphatic carbocycles. The quantitative estimate of drug-likeness (QED) is 0.752. The lowest BCUT2D eigenvalue weighted by Gasteiger charge is -2.22. The van der Waals surface area contributed by atoms with Crippen molar-refractivity contribution in [2.45, 2.75) is 45.2 Å². The maximum absolute atomic E-state index is 12.2. The van der Waals surface area contributed by atoms with Crippen molar-refractivity contribution >= 4 is 6.03 Å². The number of unbranched alkanes of at least 4 members (excludes halogenated alkanes) is 1. The molecule has 1 aromatic rings. The summed E-state index contributed by atoms with van der Waals surface area (Å²) in [5, 5.41) is 11.8. The topological polar surface area (TPSA) is 52.6 Å². The lowest BCUT2D eigenvalue weighted by Crippen LogP contribution is -2.41. The predicted molar refractivity (Wildman–Crippen MR) is 79.5 cm³/mol. The highest BCUT2D eigenvalue weighted by atomic mass is 16.3. The second-order valence-corrected chi connectivity index (χ2v) is 5.50. The summed E-state index contributed by atoms with van der Waals surface area (Å²) in [6.07, 6.45) is 3.84. The van der Waals surface area contributed by atoms with E-state index < -0.39 is 0 Å². The third kappa shape index (κ3) is 4.53. The van der Waals surface area contributed by atoms with Crippen LogP contribution in [0.1, 0.15) is 36.8 Å². The van der Waals surface area contributed by atoms with Gasteiger partial charge in [-0.1, -0.05) is 29.8 Å². The molecular weight excluding hydrogens is 252 g/mol. The predicted octanol–water partition coefficient (Wildman–Crippen LogP) is 2.44. The maximum atomic E-state index is 12.2. The highest BCUT2D eigenvalue weighted by Gasteiger charge is 2.31. The zero-order chi connectivity index (χ0) is 14.4. The molecule has 1 fully saturated rings. The molecule has 2 rings (SSSR count). The van der Waals surface area contributed by atoms with Crippen molar-refractivity contribution in [1.29, 1.82) is 0 Å². The van der Waals surface area contributed by atoms with Crippen molar-refractivity contribution in [1.82, 2.24) is 10.2 Å². The third-order valence-electron chi connectivity index (χ3n) is 3.58. The van der Waals surface area contributed by atoms with E-state index in [9.17, 15) is 4.79 Å². The lowest BCUT2D eigenvalue weighted by atomic mass is 10.1. The molecule has 0 bridgehead atoms. The van der Waals surface area contributed by atoms with Gasteiger partial charge < -0.3 is 15.3 Å². The molecule has 0 saturated heterocycles. The molecule has 0 aromatic heterocycles. The van der Waals surface area contributed by atoms with Crippen molar-refractivity contribution in [2.75, 3.05) is 13.2 Å². The van der Waals surface area contributed by atoms with E-state index in [-0.39, 0.29) is 12.6 Å². The Kier molecular flexibility index (Phi) is 5.41. The molecule has 20 heavy (non-hydrogen) atoms. The molecule has 4 heteroatoms. The zero-order valence-corrected chi connectivity index (χ0v) is 12.1. The Morgan fingerprint density at radius 1 is 1.40 bits per heavy atom. The first-order valence-electron chi connectivity index (χ1n) is 7.41. The fraction of sp³-hybridized carbons (Fsp3) is 0.562. The first kappa shape index (κ1) is 14.9. The number of hydrogen-bond donors (Lipinski definition) is 2. The molecule has 4 nitrogen and oxygen atoms in total. The van der Waals surface area contributed by atoms with Crippen LogP contribution in [0.2, 0.25) is 0 Å². The largest absolute Gasteiger partial charge is 0.396 e. The van der Waals surface area contributed by atoms with Gasteiger partial charge in [0.1, 0.15) is 0 Å². The molecule has 0 spiro atoms. The Morgan fingerprint density at radius 3 is 2.85 bits per heavy atom. The van der Waals surface area contributed by atoms with E-state index in [0.29, 0.717) is 12.6 Å². The number of nitrogens with one attached hydrogen (secondary N) is 1. The van der Waals surface area contributed by atoms with Gasteiger partial charge in [-0.3, -0.25) is 0 Å². The number of amides is 2. The van der Waals surface area contributed by atoms with Gasteiger partial charge in [-0.2, -0.15) is 0 Å². The van der Waals surface area contributed by atoms with Crippen LogP contribution in [0.5, 0.6) is 0 Å². The number of aliphatic hydroxyl groups is 1. The number of hydrogen-bond acceptors (Lipinski definition) is 2. The normalized spacial score (nSPS) is 14.1. The molecular formula is C16H24N2O2. The van der Waals surface area contributed by atoms with Crippen molar-refractivity contribution in [3.05, 3.63) is 35.4 Å². The van der Waals surface area contributed by atoms with Crippen molar-refractivity contribution in [3.8, 4) is 0 Å². The van der Waals surface area contributed by atoms with Crippen LogP contribution >= 0.6 is 0 Å². The summed E-state index contributed by atoms with van der Waals surface area (Å²) in [5.41, 5.74) is 2.34. The number of carbonyl (C=O) groups is 1. The van der Waals surface area contributed by atoms with Gasteiger partial charge in [-0.05, 0) is 38.2 Å². The monoisotopic (exact) mass is 276 g/mol. The smallest absolute Gasteiger partial charge is 0.317 e. The summed E-state index contributed by atoms with van der Waals surface area (Å²) in [6.45, 7) is 3.56. The fourth-order valence-electron chi connectivity index (χ4n) is 2.33. The van der Waals surface area contributed by atoms with E-state index >= 15 is 0 Å². The highest BCUT2D eigenvalue weighted by molar-refractivity contribution is 5.74. The summed E-state index contributed by atoms with van der Waals surface area (Å²) in [6, 6.07) is 8.61. The Bertz CT molecular complexity index is 444. The summed E-state index contributed by atoms with van der Waals surface area (Å²) < 4.78 is 0. The first-order chi connectivity index (χ1) is 9.70. The Balaban J connectivity index is 1.82. The molecule has 0 heterocycles. The summed E-state index contributed by atoms with van der Waals surface area (Å²) >= 11 is 0. The second-order valence-electron chi connectivity index (χ2n) is 5.50. The SMILES string of the molecule is Cc1cccc(CNC(=O)N(CCCCO)C2CC2)c1. The number of aliphatic hydroxyl groups excluding tert-OH is 1. The number of urea groups is 1. The Labute approximate surface area is 120 Å². The van der Waals surface area contributed by atoms with Gasteiger partial charge in [0.25, 0.3) is 0 Å². The Hall–Kier alpha value is -1.55. The minimum absolute atomic E-state index is 0.0203. The van der Waals surface area contributed by atoms with Crippen molar-refractivity contribution in [3.63, 3.8) is 0 Å². The van der Waals surface area contributed by atoms with E-state index in [1.165, 1.54) is 5.56 Å². The van der Waals surface area contributed by atoms with Crippen molar-refractivity contribution < 1.29 is 9.90 Å². The minimum Gasteiger partial charge on any atom is -0.396 e. The molecule has 0 aliphatic heterocycles. The van der Waals surface area contributed by atoms with Gasteiger partial charge in [0.2, 0.25) is 0 Å². The van der Waals surface area contributed by atoms with Crippen LogP contribution in [0, 0.1) is 6.92 Å². The maximum Gasteiger partial charge on any atom is 0.317 e. The number of nitrogens with zero attached hydrogens (tertiary/aromatic N) is 1. The minimum atomic E-state index is 0.0203. The number of rotatable bonds is 7.